The zero-order chi connectivity index (χ0) is 24.8. The van der Waals surface area contributed by atoms with Crippen molar-refractivity contribution in [2.75, 3.05) is 32.2 Å². The van der Waals surface area contributed by atoms with Crippen LogP contribution in [0.4, 0.5) is 0 Å². The molecule has 1 heterocycles. The highest BCUT2D eigenvalue weighted by molar-refractivity contribution is 8.32. The van der Waals surface area contributed by atoms with Crippen LogP contribution in [0.15, 0.2) is 17.0 Å². The molecule has 1 aliphatic heterocycles. The second-order valence-electron chi connectivity index (χ2n) is 12.7. The first-order chi connectivity index (χ1) is 14.3. The molecule has 0 saturated carbocycles. The monoisotopic (exact) mass is 466 g/mol. The highest BCUT2D eigenvalue weighted by Crippen LogP contribution is 2.52. The van der Waals surface area contributed by atoms with Gasteiger partial charge in [-0.3, -0.25) is 0 Å². The summed E-state index contributed by atoms with van der Waals surface area (Å²) in [4.78, 5) is 1.24. The van der Waals surface area contributed by atoms with Crippen molar-refractivity contribution in [3.05, 3.63) is 17.7 Å². The van der Waals surface area contributed by atoms with Crippen molar-refractivity contribution >= 4 is 22.6 Å². The first-order valence-corrected chi connectivity index (χ1v) is 14.6. The minimum absolute atomic E-state index is 0.00543. The number of rotatable bonds is 8. The van der Waals surface area contributed by atoms with Gasteiger partial charge in [0, 0.05) is 17.0 Å². The van der Waals surface area contributed by atoms with Gasteiger partial charge >= 0.3 is 7.12 Å². The molecule has 0 aromatic heterocycles. The molecule has 0 radical (unpaired) electrons. The lowest BCUT2D eigenvalue weighted by Gasteiger charge is -2.36. The molecule has 4 nitrogen and oxygen atoms in total. The smallest absolute Gasteiger partial charge is 0.467 e. The maximum Gasteiger partial charge on any atom is 0.498 e. The van der Waals surface area contributed by atoms with Gasteiger partial charge < -0.3 is 18.8 Å². The standard InChI is InChI=1S/C26H47BO4S/c1-14-28-18-29-22-20(27-30-25(7,8)26(9,10)31-27)15-19(16-21(22)32(11,12)13)24(5,6)17-23(2,3)4/h15-16H,14,17-18H2,1-13H3. The van der Waals surface area contributed by atoms with Crippen molar-refractivity contribution in [3.8, 4) is 5.75 Å². The molecule has 1 aliphatic rings. The first kappa shape index (κ1) is 27.6. The van der Waals surface area contributed by atoms with E-state index in [1.807, 2.05) is 6.92 Å². The van der Waals surface area contributed by atoms with Crippen molar-refractivity contribution in [2.24, 2.45) is 5.41 Å². The summed E-state index contributed by atoms with van der Waals surface area (Å²) in [5.74, 6) is 0.856. The second kappa shape index (κ2) is 9.17. The quantitative estimate of drug-likeness (QED) is 0.263. The Morgan fingerprint density at radius 1 is 0.938 bits per heavy atom. The van der Waals surface area contributed by atoms with E-state index in [2.05, 4.69) is 93.2 Å². The summed E-state index contributed by atoms with van der Waals surface area (Å²) in [5, 5.41) is 0. The number of benzene rings is 1. The zero-order valence-electron chi connectivity index (χ0n) is 22.9. The molecule has 0 atom stereocenters. The third-order valence-corrected chi connectivity index (χ3v) is 8.12. The van der Waals surface area contributed by atoms with E-state index in [-0.39, 0.29) is 17.6 Å². The Hall–Kier alpha value is -0.685. The number of hydrogen-bond donors (Lipinski definition) is 0. The SMILES string of the molecule is CCOCOc1c(B2OC(C)(C)C(C)(C)O2)cc(C(C)(C)CC(C)(C)C)cc1S(C)(C)C. The summed E-state index contributed by atoms with van der Waals surface area (Å²) in [7, 11) is -1.58. The van der Waals surface area contributed by atoms with E-state index in [0.29, 0.717) is 6.61 Å². The van der Waals surface area contributed by atoms with Gasteiger partial charge in [0.05, 0.1) is 11.2 Å². The molecule has 6 heteroatoms. The number of hydrogen-bond acceptors (Lipinski definition) is 4. The van der Waals surface area contributed by atoms with Crippen molar-refractivity contribution < 1.29 is 18.8 Å². The highest BCUT2D eigenvalue weighted by Gasteiger charge is 2.53. The van der Waals surface area contributed by atoms with Gasteiger partial charge in [-0.2, -0.15) is 0 Å². The molecule has 0 unspecified atom stereocenters. The predicted molar refractivity (Wildman–Crippen MR) is 140 cm³/mol. The van der Waals surface area contributed by atoms with E-state index in [1.165, 1.54) is 10.5 Å². The summed E-state index contributed by atoms with van der Waals surface area (Å²) in [6.07, 6.45) is 8.00. The molecule has 1 aromatic rings. The molecular formula is C26H47BO4S. The molecule has 1 aromatic carbocycles. The van der Waals surface area contributed by atoms with Gasteiger partial charge in [0.1, 0.15) is 5.75 Å². The van der Waals surface area contributed by atoms with E-state index in [9.17, 15) is 0 Å². The third kappa shape index (κ3) is 6.25. The predicted octanol–water partition coefficient (Wildman–Crippen LogP) is 6.13. The molecule has 1 fully saturated rings. The van der Waals surface area contributed by atoms with Crippen molar-refractivity contribution in [1.82, 2.24) is 0 Å². The van der Waals surface area contributed by atoms with Crippen LogP contribution in [0.25, 0.3) is 0 Å². The van der Waals surface area contributed by atoms with Crippen LogP contribution in [0.3, 0.4) is 0 Å². The molecule has 0 bridgehead atoms. The Kier molecular flexibility index (Phi) is 7.89. The molecule has 0 N–H and O–H groups in total. The van der Waals surface area contributed by atoms with E-state index in [0.717, 1.165) is 17.6 Å². The van der Waals surface area contributed by atoms with Gasteiger partial charge in [-0.05, 0) is 82.3 Å². The summed E-state index contributed by atoms with van der Waals surface area (Å²) >= 11 is 0. The summed E-state index contributed by atoms with van der Waals surface area (Å²) in [6.45, 7) is 22.8. The van der Waals surface area contributed by atoms with Crippen LogP contribution in [0.1, 0.15) is 81.2 Å². The Labute approximate surface area is 199 Å². The fraction of sp³-hybridized carbons (Fsp3) is 0.769. The topological polar surface area (TPSA) is 36.9 Å². The molecule has 184 valence electrons. The van der Waals surface area contributed by atoms with Crippen LogP contribution in [0, 0.1) is 5.41 Å². The van der Waals surface area contributed by atoms with Crippen LogP contribution in [-0.4, -0.2) is 50.5 Å². The molecule has 0 amide bonds. The Balaban J connectivity index is 2.72. The minimum Gasteiger partial charge on any atom is -0.467 e. The van der Waals surface area contributed by atoms with Gasteiger partial charge in [0.2, 0.25) is 0 Å². The van der Waals surface area contributed by atoms with Crippen molar-refractivity contribution in [3.63, 3.8) is 0 Å². The molecular weight excluding hydrogens is 419 g/mol. The third-order valence-electron chi connectivity index (χ3n) is 6.49. The fourth-order valence-corrected chi connectivity index (χ4v) is 5.59. The van der Waals surface area contributed by atoms with Crippen molar-refractivity contribution in [1.29, 1.82) is 0 Å². The van der Waals surface area contributed by atoms with Crippen LogP contribution in [-0.2, 0) is 19.5 Å². The van der Waals surface area contributed by atoms with E-state index in [4.69, 9.17) is 18.8 Å². The van der Waals surface area contributed by atoms with Crippen LogP contribution < -0.4 is 10.2 Å². The number of ether oxygens (including phenoxy) is 2. The first-order valence-electron chi connectivity index (χ1n) is 11.7. The lowest BCUT2D eigenvalue weighted by Crippen LogP contribution is -2.41. The van der Waals surface area contributed by atoms with Crippen LogP contribution >= 0.6 is 10.0 Å². The van der Waals surface area contributed by atoms with Gasteiger partial charge in [-0.15, -0.1) is 0 Å². The van der Waals surface area contributed by atoms with Gasteiger partial charge in [-0.25, -0.2) is 10.0 Å². The Morgan fingerprint density at radius 3 is 1.91 bits per heavy atom. The normalized spacial score (nSPS) is 19.3. The van der Waals surface area contributed by atoms with E-state index >= 15 is 0 Å². The molecule has 1 saturated heterocycles. The van der Waals surface area contributed by atoms with Crippen LogP contribution in [0.2, 0.25) is 0 Å². The molecule has 0 aliphatic carbocycles. The molecule has 32 heavy (non-hydrogen) atoms. The summed E-state index contributed by atoms with van der Waals surface area (Å²) < 4.78 is 24.9. The maximum atomic E-state index is 6.50. The lowest BCUT2D eigenvalue weighted by molar-refractivity contribution is 0.00578. The fourth-order valence-electron chi connectivity index (χ4n) is 4.38. The van der Waals surface area contributed by atoms with Gasteiger partial charge in [-0.1, -0.05) is 40.7 Å². The van der Waals surface area contributed by atoms with E-state index in [1.54, 1.807) is 0 Å². The minimum atomic E-state index is -1.10. The molecule has 2 rings (SSSR count). The van der Waals surface area contributed by atoms with Gasteiger partial charge in [0.25, 0.3) is 0 Å². The largest absolute Gasteiger partial charge is 0.498 e. The summed E-state index contributed by atoms with van der Waals surface area (Å²) in [5.41, 5.74) is 1.65. The lowest BCUT2D eigenvalue weighted by atomic mass is 9.69. The second-order valence-corrected chi connectivity index (χ2v) is 16.8. The Bertz CT molecular complexity index is 787. The van der Waals surface area contributed by atoms with Crippen molar-refractivity contribution in [2.45, 2.75) is 97.2 Å². The van der Waals surface area contributed by atoms with Gasteiger partial charge in [0.15, 0.2) is 6.79 Å². The average molecular weight is 467 g/mol. The summed E-state index contributed by atoms with van der Waals surface area (Å²) in [6, 6.07) is 4.61. The Morgan fingerprint density at radius 2 is 1.47 bits per heavy atom. The zero-order valence-corrected chi connectivity index (χ0v) is 23.7. The van der Waals surface area contributed by atoms with Crippen LogP contribution in [0.5, 0.6) is 5.75 Å². The molecule has 0 spiro atoms. The maximum absolute atomic E-state index is 6.50. The van der Waals surface area contributed by atoms with E-state index < -0.39 is 28.3 Å². The highest BCUT2D eigenvalue weighted by atomic mass is 32.3. The average Bonchev–Trinajstić information content (AvgIpc) is 2.79.